The molecule has 0 aliphatic rings. The van der Waals surface area contributed by atoms with Crippen LogP contribution in [0.5, 0.6) is 5.75 Å². The van der Waals surface area contributed by atoms with Crippen molar-refractivity contribution in [3.05, 3.63) is 59.7 Å². The van der Waals surface area contributed by atoms with Crippen LogP contribution in [0.3, 0.4) is 0 Å². The minimum absolute atomic E-state index is 0.0130. The van der Waals surface area contributed by atoms with Crippen molar-refractivity contribution < 1.29 is 14.3 Å². The SMILES string of the molecule is CCc1ccccc1O[C@@H](C)C(=O)Nc1ccccc1C(=O)NC(C)C. The number of carbonyl (C=O) groups excluding carboxylic acids is 2. The van der Waals surface area contributed by atoms with Gasteiger partial charge in [0.2, 0.25) is 0 Å². The second-order valence-electron chi connectivity index (χ2n) is 6.38. The lowest BCUT2D eigenvalue weighted by atomic mass is 10.1. The highest BCUT2D eigenvalue weighted by atomic mass is 16.5. The molecule has 0 aliphatic carbocycles. The highest BCUT2D eigenvalue weighted by Crippen LogP contribution is 2.21. The first-order valence-electron chi connectivity index (χ1n) is 8.87. The molecule has 5 heteroatoms. The number of nitrogens with one attached hydrogen (secondary N) is 2. The van der Waals surface area contributed by atoms with Gasteiger partial charge >= 0.3 is 0 Å². The largest absolute Gasteiger partial charge is 0.481 e. The maximum Gasteiger partial charge on any atom is 0.265 e. The quantitative estimate of drug-likeness (QED) is 0.795. The van der Waals surface area contributed by atoms with Gasteiger partial charge in [-0.05, 0) is 51.0 Å². The van der Waals surface area contributed by atoms with E-state index in [9.17, 15) is 9.59 Å². The number of amides is 2. The maximum atomic E-state index is 12.5. The third-order valence-electron chi connectivity index (χ3n) is 3.88. The lowest BCUT2D eigenvalue weighted by molar-refractivity contribution is -0.122. The van der Waals surface area contributed by atoms with E-state index in [0.29, 0.717) is 17.0 Å². The Morgan fingerprint density at radius 2 is 1.65 bits per heavy atom. The Morgan fingerprint density at radius 3 is 2.35 bits per heavy atom. The first-order valence-corrected chi connectivity index (χ1v) is 8.87. The van der Waals surface area contributed by atoms with E-state index in [1.54, 1.807) is 31.2 Å². The summed E-state index contributed by atoms with van der Waals surface area (Å²) in [7, 11) is 0. The van der Waals surface area contributed by atoms with Gasteiger partial charge in [-0.1, -0.05) is 37.3 Å². The number of carbonyl (C=O) groups is 2. The van der Waals surface area contributed by atoms with Gasteiger partial charge in [-0.15, -0.1) is 0 Å². The summed E-state index contributed by atoms with van der Waals surface area (Å²) >= 11 is 0. The molecule has 0 unspecified atom stereocenters. The van der Waals surface area contributed by atoms with Crippen molar-refractivity contribution in [3.8, 4) is 5.75 Å². The Labute approximate surface area is 154 Å². The third-order valence-corrected chi connectivity index (χ3v) is 3.88. The molecule has 0 saturated carbocycles. The highest BCUT2D eigenvalue weighted by Gasteiger charge is 2.19. The van der Waals surface area contributed by atoms with Gasteiger partial charge in [0, 0.05) is 6.04 Å². The second kappa shape index (κ2) is 9.04. The molecule has 0 heterocycles. The molecule has 2 amide bonds. The van der Waals surface area contributed by atoms with Crippen LogP contribution in [-0.4, -0.2) is 24.0 Å². The van der Waals surface area contributed by atoms with Gasteiger partial charge < -0.3 is 15.4 Å². The number of benzene rings is 2. The van der Waals surface area contributed by atoms with Gasteiger partial charge in [0.05, 0.1) is 11.3 Å². The first-order chi connectivity index (χ1) is 12.4. The molecule has 0 bridgehead atoms. The minimum Gasteiger partial charge on any atom is -0.481 e. The van der Waals surface area contributed by atoms with Gasteiger partial charge in [0.15, 0.2) is 6.10 Å². The summed E-state index contributed by atoms with van der Waals surface area (Å²) in [4.78, 5) is 24.9. The van der Waals surface area contributed by atoms with Crippen LogP contribution in [0.25, 0.3) is 0 Å². The molecule has 138 valence electrons. The maximum absolute atomic E-state index is 12.5. The monoisotopic (exact) mass is 354 g/mol. The molecule has 0 radical (unpaired) electrons. The summed E-state index contributed by atoms with van der Waals surface area (Å²) in [6.45, 7) is 7.51. The van der Waals surface area contributed by atoms with E-state index in [2.05, 4.69) is 10.6 Å². The lowest BCUT2D eigenvalue weighted by Crippen LogP contribution is -2.33. The zero-order valence-corrected chi connectivity index (χ0v) is 15.7. The fourth-order valence-corrected chi connectivity index (χ4v) is 2.52. The molecule has 0 aromatic heterocycles. The first kappa shape index (κ1) is 19.5. The Bertz CT molecular complexity index is 771. The normalized spacial score (nSPS) is 11.7. The molecule has 0 fully saturated rings. The Balaban J connectivity index is 2.11. The number of ether oxygens (including phenoxy) is 1. The van der Waals surface area contributed by atoms with Crippen molar-refractivity contribution in [2.75, 3.05) is 5.32 Å². The predicted octanol–water partition coefficient (Wildman–Crippen LogP) is 3.79. The Morgan fingerprint density at radius 1 is 1.00 bits per heavy atom. The average molecular weight is 354 g/mol. The Hall–Kier alpha value is -2.82. The van der Waals surface area contributed by atoms with E-state index in [1.807, 2.05) is 45.0 Å². The molecular weight excluding hydrogens is 328 g/mol. The summed E-state index contributed by atoms with van der Waals surface area (Å²) in [5.74, 6) is 0.171. The van der Waals surface area contributed by atoms with Crippen molar-refractivity contribution in [1.82, 2.24) is 5.32 Å². The van der Waals surface area contributed by atoms with Crippen LogP contribution in [0.15, 0.2) is 48.5 Å². The zero-order valence-electron chi connectivity index (χ0n) is 15.7. The molecule has 0 aliphatic heterocycles. The average Bonchev–Trinajstić information content (AvgIpc) is 2.61. The summed E-state index contributed by atoms with van der Waals surface area (Å²) in [5, 5.41) is 5.63. The van der Waals surface area contributed by atoms with E-state index in [4.69, 9.17) is 4.74 Å². The number of para-hydroxylation sites is 2. The second-order valence-corrected chi connectivity index (χ2v) is 6.38. The Kier molecular flexibility index (Phi) is 6.78. The van der Waals surface area contributed by atoms with Gasteiger partial charge in [-0.25, -0.2) is 0 Å². The van der Waals surface area contributed by atoms with E-state index < -0.39 is 6.10 Å². The van der Waals surface area contributed by atoms with Gasteiger partial charge in [0.1, 0.15) is 5.75 Å². The fraction of sp³-hybridized carbons (Fsp3) is 0.333. The summed E-state index contributed by atoms with van der Waals surface area (Å²) in [6.07, 6.45) is 0.131. The number of rotatable bonds is 7. The van der Waals surface area contributed by atoms with Crippen LogP contribution in [-0.2, 0) is 11.2 Å². The van der Waals surface area contributed by atoms with Crippen molar-refractivity contribution in [1.29, 1.82) is 0 Å². The van der Waals surface area contributed by atoms with Crippen LogP contribution in [0.4, 0.5) is 5.69 Å². The van der Waals surface area contributed by atoms with Crippen molar-refractivity contribution in [3.63, 3.8) is 0 Å². The van der Waals surface area contributed by atoms with Crippen molar-refractivity contribution >= 4 is 17.5 Å². The molecule has 2 aromatic carbocycles. The van der Waals surface area contributed by atoms with Crippen molar-refractivity contribution in [2.24, 2.45) is 0 Å². The van der Waals surface area contributed by atoms with E-state index in [1.165, 1.54) is 0 Å². The van der Waals surface area contributed by atoms with Crippen LogP contribution < -0.4 is 15.4 Å². The topological polar surface area (TPSA) is 67.4 Å². The van der Waals surface area contributed by atoms with E-state index in [0.717, 1.165) is 12.0 Å². The number of hydrogen-bond donors (Lipinski definition) is 2. The lowest BCUT2D eigenvalue weighted by Gasteiger charge is -2.18. The third kappa shape index (κ3) is 5.09. The summed E-state index contributed by atoms with van der Waals surface area (Å²) in [6, 6.07) is 14.6. The van der Waals surface area contributed by atoms with Crippen LogP contribution in [0, 0.1) is 0 Å². The van der Waals surface area contributed by atoms with E-state index >= 15 is 0 Å². The molecule has 0 saturated heterocycles. The molecule has 2 N–H and O–H groups in total. The minimum atomic E-state index is -0.691. The highest BCUT2D eigenvalue weighted by molar-refractivity contribution is 6.04. The van der Waals surface area contributed by atoms with Crippen molar-refractivity contribution in [2.45, 2.75) is 46.3 Å². The summed E-state index contributed by atoms with van der Waals surface area (Å²) in [5.41, 5.74) is 1.94. The number of aryl methyl sites for hydroxylation is 1. The number of hydrogen-bond acceptors (Lipinski definition) is 3. The molecule has 2 aromatic rings. The van der Waals surface area contributed by atoms with Gasteiger partial charge in [0.25, 0.3) is 11.8 Å². The molecule has 26 heavy (non-hydrogen) atoms. The molecule has 5 nitrogen and oxygen atoms in total. The number of anilines is 1. The van der Waals surface area contributed by atoms with Gasteiger partial charge in [-0.2, -0.15) is 0 Å². The van der Waals surface area contributed by atoms with Gasteiger partial charge in [-0.3, -0.25) is 9.59 Å². The van der Waals surface area contributed by atoms with Crippen LogP contribution in [0.1, 0.15) is 43.6 Å². The smallest absolute Gasteiger partial charge is 0.265 e. The standard InChI is InChI=1S/C21H26N2O3/c1-5-16-10-6-9-13-19(16)26-15(4)20(24)23-18-12-8-7-11-17(18)21(25)22-14(2)3/h6-15H,5H2,1-4H3,(H,22,25)(H,23,24)/t15-/m0/s1. The summed E-state index contributed by atoms with van der Waals surface area (Å²) < 4.78 is 5.82. The predicted molar refractivity (Wildman–Crippen MR) is 104 cm³/mol. The molecular formula is C21H26N2O3. The molecule has 1 atom stereocenters. The zero-order chi connectivity index (χ0) is 19.1. The molecule has 0 spiro atoms. The van der Waals surface area contributed by atoms with Crippen LogP contribution >= 0.6 is 0 Å². The van der Waals surface area contributed by atoms with E-state index in [-0.39, 0.29) is 17.9 Å². The fourth-order valence-electron chi connectivity index (χ4n) is 2.52. The molecule has 2 rings (SSSR count). The van der Waals surface area contributed by atoms with Crippen LogP contribution in [0.2, 0.25) is 0 Å².